The lowest BCUT2D eigenvalue weighted by Gasteiger charge is -2.23. The number of hydrogen-bond donors (Lipinski definition) is 2. The minimum absolute atomic E-state index is 0.0839. The van der Waals surface area contributed by atoms with Crippen molar-refractivity contribution in [1.29, 1.82) is 0 Å². The fourth-order valence-electron chi connectivity index (χ4n) is 1.37. The Hall–Kier alpha value is -1.51. The van der Waals surface area contributed by atoms with E-state index < -0.39 is 5.91 Å². The van der Waals surface area contributed by atoms with Crippen LogP contribution >= 0.6 is 0 Å². The molecule has 1 aromatic rings. The van der Waals surface area contributed by atoms with E-state index >= 15 is 0 Å². The lowest BCUT2D eigenvalue weighted by atomic mass is 10.0. The standard InChI is InChI=1S/C12H18N2O/c1-8-5-6-10(14-12(2,3)4)9(7-8)11(13)15/h5-7,14H,1-4H3,(H2,13,15). The van der Waals surface area contributed by atoms with Gasteiger partial charge in [0.05, 0.1) is 5.56 Å². The van der Waals surface area contributed by atoms with Crippen molar-refractivity contribution in [2.45, 2.75) is 33.2 Å². The molecule has 3 heteroatoms. The van der Waals surface area contributed by atoms with E-state index in [1.54, 1.807) is 6.07 Å². The zero-order chi connectivity index (χ0) is 11.6. The number of aryl methyl sites for hydroxylation is 1. The number of carbonyl (C=O) groups is 1. The highest BCUT2D eigenvalue weighted by atomic mass is 16.1. The first-order valence-electron chi connectivity index (χ1n) is 4.98. The van der Waals surface area contributed by atoms with E-state index in [1.165, 1.54) is 0 Å². The number of amides is 1. The van der Waals surface area contributed by atoms with Crippen LogP contribution in [0, 0.1) is 6.92 Å². The molecule has 1 aromatic carbocycles. The molecule has 0 saturated carbocycles. The Morgan fingerprint density at radius 1 is 1.33 bits per heavy atom. The molecule has 1 amide bonds. The van der Waals surface area contributed by atoms with Crippen LogP contribution < -0.4 is 11.1 Å². The summed E-state index contributed by atoms with van der Waals surface area (Å²) >= 11 is 0. The van der Waals surface area contributed by atoms with Crippen LogP contribution in [0.5, 0.6) is 0 Å². The molecule has 0 fully saturated rings. The van der Waals surface area contributed by atoms with E-state index in [1.807, 2.05) is 39.8 Å². The molecule has 0 aliphatic carbocycles. The lowest BCUT2D eigenvalue weighted by molar-refractivity contribution is 0.100. The second-order valence-electron chi connectivity index (χ2n) is 4.79. The summed E-state index contributed by atoms with van der Waals surface area (Å²) in [6.45, 7) is 8.06. The molecule has 0 radical (unpaired) electrons. The maximum atomic E-state index is 11.2. The molecule has 3 N–H and O–H groups in total. The van der Waals surface area contributed by atoms with Gasteiger partial charge in [0.2, 0.25) is 0 Å². The Balaban J connectivity index is 3.12. The number of carbonyl (C=O) groups excluding carboxylic acids is 1. The highest BCUT2D eigenvalue weighted by molar-refractivity contribution is 5.98. The topological polar surface area (TPSA) is 55.1 Å². The Bertz CT molecular complexity index is 378. The van der Waals surface area contributed by atoms with Gasteiger partial charge >= 0.3 is 0 Å². The molecule has 0 heterocycles. The van der Waals surface area contributed by atoms with Gasteiger partial charge < -0.3 is 11.1 Å². The number of primary amides is 1. The van der Waals surface area contributed by atoms with Crippen LogP contribution in [0.4, 0.5) is 5.69 Å². The van der Waals surface area contributed by atoms with E-state index in [0.717, 1.165) is 11.3 Å². The van der Waals surface area contributed by atoms with Crippen LogP contribution in [0.15, 0.2) is 18.2 Å². The van der Waals surface area contributed by atoms with Crippen molar-refractivity contribution in [1.82, 2.24) is 0 Å². The van der Waals surface area contributed by atoms with E-state index in [9.17, 15) is 4.79 Å². The highest BCUT2D eigenvalue weighted by Gasteiger charge is 2.14. The zero-order valence-corrected chi connectivity index (χ0v) is 9.72. The van der Waals surface area contributed by atoms with Crippen molar-refractivity contribution in [2.24, 2.45) is 5.73 Å². The third-order valence-corrected chi connectivity index (χ3v) is 1.95. The van der Waals surface area contributed by atoms with Crippen LogP contribution in [0.25, 0.3) is 0 Å². The molecular weight excluding hydrogens is 188 g/mol. The Morgan fingerprint density at radius 2 is 1.93 bits per heavy atom. The number of rotatable bonds is 2. The molecule has 0 spiro atoms. The van der Waals surface area contributed by atoms with Crippen LogP contribution in [-0.2, 0) is 0 Å². The van der Waals surface area contributed by atoms with E-state index in [0.29, 0.717) is 5.56 Å². The minimum atomic E-state index is -0.398. The average Bonchev–Trinajstić information content (AvgIpc) is 2.05. The van der Waals surface area contributed by atoms with Crippen LogP contribution in [0.3, 0.4) is 0 Å². The van der Waals surface area contributed by atoms with Gasteiger partial charge in [-0.05, 0) is 39.8 Å². The van der Waals surface area contributed by atoms with Gasteiger partial charge in [-0.1, -0.05) is 11.6 Å². The second-order valence-corrected chi connectivity index (χ2v) is 4.79. The summed E-state index contributed by atoms with van der Waals surface area (Å²) in [6.07, 6.45) is 0. The predicted molar refractivity (Wildman–Crippen MR) is 63.1 cm³/mol. The fraction of sp³-hybridized carbons (Fsp3) is 0.417. The molecule has 0 bridgehead atoms. The van der Waals surface area contributed by atoms with Gasteiger partial charge in [-0.15, -0.1) is 0 Å². The molecule has 15 heavy (non-hydrogen) atoms. The number of benzene rings is 1. The van der Waals surface area contributed by atoms with Gasteiger partial charge in [-0.2, -0.15) is 0 Å². The third kappa shape index (κ3) is 3.27. The Kier molecular flexibility index (Phi) is 3.03. The quantitative estimate of drug-likeness (QED) is 0.780. The maximum Gasteiger partial charge on any atom is 0.250 e. The van der Waals surface area contributed by atoms with Crippen molar-refractivity contribution in [3.05, 3.63) is 29.3 Å². The number of nitrogens with two attached hydrogens (primary N) is 1. The Morgan fingerprint density at radius 3 is 2.40 bits per heavy atom. The van der Waals surface area contributed by atoms with Crippen molar-refractivity contribution in [2.75, 3.05) is 5.32 Å². The molecule has 82 valence electrons. The van der Waals surface area contributed by atoms with Crippen LogP contribution in [0.2, 0.25) is 0 Å². The van der Waals surface area contributed by atoms with Gasteiger partial charge in [0.15, 0.2) is 0 Å². The fourth-order valence-corrected chi connectivity index (χ4v) is 1.37. The summed E-state index contributed by atoms with van der Waals surface area (Å²) < 4.78 is 0. The van der Waals surface area contributed by atoms with Crippen molar-refractivity contribution in [3.8, 4) is 0 Å². The molecule has 0 saturated heterocycles. The van der Waals surface area contributed by atoms with E-state index in [-0.39, 0.29) is 5.54 Å². The van der Waals surface area contributed by atoms with Gasteiger partial charge in [0.1, 0.15) is 0 Å². The first-order chi connectivity index (χ1) is 6.79. The maximum absolute atomic E-state index is 11.2. The number of anilines is 1. The minimum Gasteiger partial charge on any atom is -0.380 e. The summed E-state index contributed by atoms with van der Waals surface area (Å²) in [6, 6.07) is 5.65. The van der Waals surface area contributed by atoms with Gasteiger partial charge in [0, 0.05) is 11.2 Å². The summed E-state index contributed by atoms with van der Waals surface area (Å²) in [4.78, 5) is 11.2. The molecule has 0 unspecified atom stereocenters. The summed E-state index contributed by atoms with van der Waals surface area (Å²) in [5, 5.41) is 3.26. The second kappa shape index (κ2) is 3.93. The van der Waals surface area contributed by atoms with E-state index in [4.69, 9.17) is 5.73 Å². The largest absolute Gasteiger partial charge is 0.380 e. The van der Waals surface area contributed by atoms with Gasteiger partial charge in [0.25, 0.3) is 5.91 Å². The van der Waals surface area contributed by atoms with Crippen LogP contribution in [-0.4, -0.2) is 11.4 Å². The average molecular weight is 206 g/mol. The van der Waals surface area contributed by atoms with Crippen molar-refractivity contribution in [3.63, 3.8) is 0 Å². The molecule has 0 atom stereocenters. The summed E-state index contributed by atoms with van der Waals surface area (Å²) in [5.74, 6) is -0.398. The molecule has 0 aromatic heterocycles. The summed E-state index contributed by atoms with van der Waals surface area (Å²) in [5.41, 5.74) is 7.61. The SMILES string of the molecule is Cc1ccc(NC(C)(C)C)c(C(N)=O)c1. The Labute approximate surface area is 90.7 Å². The molecule has 1 rings (SSSR count). The lowest BCUT2D eigenvalue weighted by Crippen LogP contribution is -2.28. The normalized spacial score (nSPS) is 11.2. The predicted octanol–water partition coefficient (Wildman–Crippen LogP) is 2.30. The summed E-state index contributed by atoms with van der Waals surface area (Å²) in [7, 11) is 0. The number of nitrogens with one attached hydrogen (secondary N) is 1. The van der Waals surface area contributed by atoms with Crippen LogP contribution in [0.1, 0.15) is 36.7 Å². The molecule has 3 nitrogen and oxygen atoms in total. The number of hydrogen-bond acceptors (Lipinski definition) is 2. The molecule has 0 aliphatic heterocycles. The zero-order valence-electron chi connectivity index (χ0n) is 9.72. The smallest absolute Gasteiger partial charge is 0.250 e. The van der Waals surface area contributed by atoms with Gasteiger partial charge in [-0.25, -0.2) is 0 Å². The molecule has 0 aliphatic rings. The molecular formula is C12H18N2O. The highest BCUT2D eigenvalue weighted by Crippen LogP contribution is 2.20. The van der Waals surface area contributed by atoms with E-state index in [2.05, 4.69) is 5.32 Å². The monoisotopic (exact) mass is 206 g/mol. The first-order valence-corrected chi connectivity index (χ1v) is 4.98. The van der Waals surface area contributed by atoms with Crippen molar-refractivity contribution >= 4 is 11.6 Å². The van der Waals surface area contributed by atoms with Crippen molar-refractivity contribution < 1.29 is 4.79 Å². The van der Waals surface area contributed by atoms with Gasteiger partial charge in [-0.3, -0.25) is 4.79 Å². The first kappa shape index (κ1) is 11.6. The third-order valence-electron chi connectivity index (χ3n) is 1.95.